The van der Waals surface area contributed by atoms with Gasteiger partial charge in [0.25, 0.3) is 0 Å². The minimum Gasteiger partial charge on any atom is -0.396 e. The van der Waals surface area contributed by atoms with E-state index in [0.29, 0.717) is 0 Å². The number of nitrogens with two attached hydrogens (primary N) is 1. The second kappa shape index (κ2) is 5.21. The highest BCUT2D eigenvalue weighted by Crippen LogP contribution is 2.23. The van der Waals surface area contributed by atoms with Gasteiger partial charge in [-0.05, 0) is 31.5 Å². The van der Waals surface area contributed by atoms with Crippen LogP contribution in [0.2, 0.25) is 0 Å². The van der Waals surface area contributed by atoms with Gasteiger partial charge in [-0.25, -0.2) is 12.8 Å². The van der Waals surface area contributed by atoms with Crippen LogP contribution in [0.25, 0.3) is 0 Å². The first-order valence-corrected chi connectivity index (χ1v) is 6.80. The monoisotopic (exact) mass is 276 g/mol. The first-order chi connectivity index (χ1) is 8.16. The number of rotatable bonds is 4. The zero-order valence-corrected chi connectivity index (χ0v) is 11.3. The van der Waals surface area contributed by atoms with Crippen LogP contribution >= 0.6 is 0 Å². The number of nitrogen functional groups attached to an aromatic ring is 1. The van der Waals surface area contributed by atoms with Crippen LogP contribution < -0.4 is 5.73 Å². The fraction of sp³-hybridized carbons (Fsp3) is 0.455. The van der Waals surface area contributed by atoms with Crippen LogP contribution in [-0.4, -0.2) is 37.5 Å². The fourth-order valence-electron chi connectivity index (χ4n) is 1.56. The first-order valence-electron chi connectivity index (χ1n) is 5.36. The summed E-state index contributed by atoms with van der Waals surface area (Å²) in [6, 6.07) is 2.30. The summed E-state index contributed by atoms with van der Waals surface area (Å²) >= 11 is 0. The molecule has 0 heterocycles. The molecule has 0 amide bonds. The van der Waals surface area contributed by atoms with Crippen LogP contribution in [0.15, 0.2) is 17.0 Å². The molecule has 1 aromatic carbocycles. The summed E-state index contributed by atoms with van der Waals surface area (Å²) in [5.41, 5.74) is 5.37. The van der Waals surface area contributed by atoms with Crippen LogP contribution in [0.5, 0.6) is 0 Å². The van der Waals surface area contributed by atoms with E-state index in [1.54, 1.807) is 0 Å². The molecule has 1 aromatic rings. The molecule has 0 aromatic heterocycles. The van der Waals surface area contributed by atoms with Gasteiger partial charge in [0.05, 0.1) is 16.7 Å². The van der Waals surface area contributed by atoms with E-state index in [0.717, 1.165) is 10.4 Å². The van der Waals surface area contributed by atoms with Crippen molar-refractivity contribution in [3.63, 3.8) is 0 Å². The van der Waals surface area contributed by atoms with Crippen molar-refractivity contribution < 1.29 is 17.9 Å². The second-order valence-corrected chi connectivity index (χ2v) is 6.32. The van der Waals surface area contributed by atoms with Gasteiger partial charge in [0.1, 0.15) is 5.82 Å². The summed E-state index contributed by atoms with van der Waals surface area (Å²) in [6.07, 6.45) is -0.788. The molecule has 0 aliphatic carbocycles. The molecule has 0 aliphatic rings. The Morgan fingerprint density at radius 3 is 2.50 bits per heavy atom. The Bertz CT molecular complexity index is 520. The Morgan fingerprint density at radius 2 is 2.06 bits per heavy atom. The van der Waals surface area contributed by atoms with Crippen LogP contribution in [0, 0.1) is 12.7 Å². The zero-order chi connectivity index (χ0) is 14.1. The van der Waals surface area contributed by atoms with Crippen molar-refractivity contribution in [1.82, 2.24) is 4.31 Å². The molecule has 0 saturated heterocycles. The van der Waals surface area contributed by atoms with E-state index >= 15 is 0 Å². The average Bonchev–Trinajstić information content (AvgIpc) is 2.24. The molecule has 1 unspecified atom stereocenters. The van der Waals surface area contributed by atoms with Crippen molar-refractivity contribution in [2.45, 2.75) is 24.8 Å². The SMILES string of the molecule is Cc1cc(S(=O)(=O)N(C)CC(C)O)cc(N)c1F. The van der Waals surface area contributed by atoms with Gasteiger partial charge in [0, 0.05) is 13.6 Å². The Hall–Kier alpha value is -1.18. The largest absolute Gasteiger partial charge is 0.396 e. The predicted octanol–water partition coefficient (Wildman–Crippen LogP) is 0.718. The van der Waals surface area contributed by atoms with Crippen LogP contribution in [0.1, 0.15) is 12.5 Å². The number of sulfonamides is 1. The Kier molecular flexibility index (Phi) is 4.31. The third-order valence-electron chi connectivity index (χ3n) is 2.49. The van der Waals surface area contributed by atoms with Crippen molar-refractivity contribution in [3.05, 3.63) is 23.5 Å². The van der Waals surface area contributed by atoms with Gasteiger partial charge < -0.3 is 10.8 Å². The summed E-state index contributed by atoms with van der Waals surface area (Å²) in [4.78, 5) is -0.0814. The Balaban J connectivity index is 3.21. The van der Waals surface area contributed by atoms with Crippen LogP contribution in [0.4, 0.5) is 10.1 Å². The normalized spacial score (nSPS) is 13.9. The van der Waals surface area contributed by atoms with E-state index in [1.807, 2.05) is 0 Å². The Morgan fingerprint density at radius 1 is 1.50 bits per heavy atom. The molecule has 0 saturated carbocycles. The van der Waals surface area contributed by atoms with E-state index in [9.17, 15) is 17.9 Å². The molecule has 1 rings (SSSR count). The van der Waals surface area contributed by atoms with Gasteiger partial charge in [-0.15, -0.1) is 0 Å². The van der Waals surface area contributed by atoms with Gasteiger partial charge in [0.2, 0.25) is 10.0 Å². The number of halogens is 1. The number of aryl methyl sites for hydroxylation is 1. The number of benzene rings is 1. The number of nitrogens with zero attached hydrogens (tertiary/aromatic N) is 1. The van der Waals surface area contributed by atoms with Gasteiger partial charge >= 0.3 is 0 Å². The highest BCUT2D eigenvalue weighted by atomic mass is 32.2. The highest BCUT2D eigenvalue weighted by molar-refractivity contribution is 7.89. The molecule has 0 bridgehead atoms. The van der Waals surface area contributed by atoms with Gasteiger partial charge in [-0.3, -0.25) is 0 Å². The standard InChI is InChI=1S/C11H17FN2O3S/c1-7-4-9(5-10(13)11(7)12)18(16,17)14(3)6-8(2)15/h4-5,8,15H,6,13H2,1-3H3. The van der Waals surface area contributed by atoms with Crippen molar-refractivity contribution in [2.24, 2.45) is 0 Å². The average molecular weight is 276 g/mol. The molecule has 0 radical (unpaired) electrons. The molecule has 18 heavy (non-hydrogen) atoms. The van der Waals surface area contributed by atoms with E-state index in [1.165, 1.54) is 27.0 Å². The summed E-state index contributed by atoms with van der Waals surface area (Å²) < 4.78 is 38.6. The molecular weight excluding hydrogens is 259 g/mol. The van der Waals surface area contributed by atoms with Crippen molar-refractivity contribution in [1.29, 1.82) is 0 Å². The third kappa shape index (κ3) is 2.98. The predicted molar refractivity (Wildman–Crippen MR) is 67.0 cm³/mol. The molecule has 102 valence electrons. The maximum atomic E-state index is 13.3. The van der Waals surface area contributed by atoms with Crippen molar-refractivity contribution >= 4 is 15.7 Å². The quantitative estimate of drug-likeness (QED) is 0.794. The lowest BCUT2D eigenvalue weighted by Gasteiger charge is -2.19. The van der Waals surface area contributed by atoms with E-state index in [4.69, 9.17) is 5.73 Å². The van der Waals surface area contributed by atoms with Crippen molar-refractivity contribution in [3.8, 4) is 0 Å². The molecule has 7 heteroatoms. The van der Waals surface area contributed by atoms with Crippen LogP contribution in [-0.2, 0) is 10.0 Å². The first kappa shape index (κ1) is 14.9. The number of anilines is 1. The number of hydrogen-bond donors (Lipinski definition) is 2. The number of aliphatic hydroxyl groups excluding tert-OH is 1. The van der Waals surface area contributed by atoms with Crippen molar-refractivity contribution in [2.75, 3.05) is 19.3 Å². The number of aliphatic hydroxyl groups is 1. The molecule has 0 aliphatic heterocycles. The number of hydrogen-bond acceptors (Lipinski definition) is 4. The minimum absolute atomic E-state index is 0.0430. The minimum atomic E-state index is -3.77. The van der Waals surface area contributed by atoms with E-state index < -0.39 is 21.9 Å². The lowest BCUT2D eigenvalue weighted by Crippen LogP contribution is -2.33. The second-order valence-electron chi connectivity index (χ2n) is 4.28. The molecular formula is C11H17FN2O3S. The molecule has 5 nitrogen and oxygen atoms in total. The van der Waals surface area contributed by atoms with E-state index in [-0.39, 0.29) is 22.7 Å². The molecule has 1 atom stereocenters. The summed E-state index contributed by atoms with van der Waals surface area (Å²) in [5.74, 6) is -0.618. The third-order valence-corrected chi connectivity index (χ3v) is 4.29. The molecule has 3 N–H and O–H groups in total. The Labute approximate surface area is 106 Å². The van der Waals surface area contributed by atoms with Gasteiger partial charge in [0.15, 0.2) is 0 Å². The fourth-order valence-corrected chi connectivity index (χ4v) is 2.94. The maximum Gasteiger partial charge on any atom is 0.242 e. The topological polar surface area (TPSA) is 83.6 Å². The zero-order valence-electron chi connectivity index (χ0n) is 10.5. The summed E-state index contributed by atoms with van der Waals surface area (Å²) in [7, 11) is -2.42. The highest BCUT2D eigenvalue weighted by Gasteiger charge is 2.23. The molecule has 0 fully saturated rings. The summed E-state index contributed by atoms with van der Waals surface area (Å²) in [6.45, 7) is 2.88. The molecule has 0 spiro atoms. The number of likely N-dealkylation sites (N-methyl/N-ethyl adjacent to an activating group) is 1. The van der Waals surface area contributed by atoms with Gasteiger partial charge in [-0.1, -0.05) is 0 Å². The summed E-state index contributed by atoms with van der Waals surface area (Å²) in [5, 5.41) is 9.20. The van der Waals surface area contributed by atoms with E-state index in [2.05, 4.69) is 0 Å². The maximum absolute atomic E-state index is 13.3. The lowest BCUT2D eigenvalue weighted by molar-refractivity contribution is 0.171. The van der Waals surface area contributed by atoms with Crippen LogP contribution in [0.3, 0.4) is 0 Å². The van der Waals surface area contributed by atoms with Gasteiger partial charge in [-0.2, -0.15) is 4.31 Å². The smallest absolute Gasteiger partial charge is 0.242 e. The lowest BCUT2D eigenvalue weighted by atomic mass is 10.2.